The van der Waals surface area contributed by atoms with Crippen molar-refractivity contribution in [2.75, 3.05) is 12.4 Å². The molecule has 25 heavy (non-hydrogen) atoms. The van der Waals surface area contributed by atoms with Crippen LogP contribution >= 0.6 is 11.8 Å². The highest BCUT2D eigenvalue weighted by Crippen LogP contribution is 2.36. The van der Waals surface area contributed by atoms with E-state index in [0.717, 1.165) is 60.9 Å². The molecular formula is C17H23N5O2S. The summed E-state index contributed by atoms with van der Waals surface area (Å²) in [6.45, 7) is 5.76. The van der Waals surface area contributed by atoms with E-state index in [-0.39, 0.29) is 11.9 Å². The Hall–Kier alpha value is -1.67. The van der Waals surface area contributed by atoms with Gasteiger partial charge in [-0.3, -0.25) is 4.79 Å². The van der Waals surface area contributed by atoms with E-state index in [1.54, 1.807) is 0 Å². The molecule has 2 fully saturated rings. The fraction of sp³-hybridized carbons (Fsp3) is 0.647. The number of ether oxygens (including phenoxy) is 1. The zero-order valence-corrected chi connectivity index (χ0v) is 15.5. The first kappa shape index (κ1) is 16.8. The Morgan fingerprint density at radius 3 is 2.92 bits per heavy atom. The van der Waals surface area contributed by atoms with Crippen LogP contribution in [0.1, 0.15) is 53.5 Å². The number of carbonyl (C=O) groups excluding carboxylic acids is 1. The first-order valence-electron chi connectivity index (χ1n) is 8.85. The number of aryl methyl sites for hydroxylation is 1. The number of hydrogen-bond acceptors (Lipinski definition) is 6. The number of nitrogens with zero attached hydrogens (tertiary/aromatic N) is 5. The molecule has 2 aliphatic rings. The van der Waals surface area contributed by atoms with Crippen LogP contribution in [0.5, 0.6) is 0 Å². The maximum Gasteiger partial charge on any atom is 0.210 e. The third kappa shape index (κ3) is 3.50. The zero-order chi connectivity index (χ0) is 17.4. The lowest BCUT2D eigenvalue weighted by Crippen LogP contribution is -2.17. The maximum absolute atomic E-state index is 12.7. The fourth-order valence-electron chi connectivity index (χ4n) is 3.39. The van der Waals surface area contributed by atoms with Crippen LogP contribution < -0.4 is 0 Å². The molecule has 0 spiro atoms. The number of hydrogen-bond donors (Lipinski definition) is 0. The summed E-state index contributed by atoms with van der Waals surface area (Å²) in [5.41, 5.74) is 2.94. The first-order chi connectivity index (χ1) is 12.1. The summed E-state index contributed by atoms with van der Waals surface area (Å²) < 4.78 is 9.80. The van der Waals surface area contributed by atoms with Crippen LogP contribution in [0.4, 0.5) is 0 Å². The molecule has 4 rings (SSSR count). The van der Waals surface area contributed by atoms with Crippen molar-refractivity contribution in [2.45, 2.75) is 63.4 Å². The van der Waals surface area contributed by atoms with Gasteiger partial charge in [0.1, 0.15) is 0 Å². The van der Waals surface area contributed by atoms with Crippen molar-refractivity contribution < 1.29 is 9.53 Å². The number of Topliss-reactive ketones (excluding diaryl/α,β-unsaturated/α-hetero) is 1. The van der Waals surface area contributed by atoms with Crippen molar-refractivity contribution >= 4 is 17.5 Å². The van der Waals surface area contributed by atoms with Gasteiger partial charge in [0, 0.05) is 30.1 Å². The second kappa shape index (κ2) is 6.92. The van der Waals surface area contributed by atoms with E-state index in [1.165, 1.54) is 11.8 Å². The van der Waals surface area contributed by atoms with E-state index >= 15 is 0 Å². The van der Waals surface area contributed by atoms with Crippen molar-refractivity contribution in [3.8, 4) is 0 Å². The van der Waals surface area contributed by atoms with Gasteiger partial charge >= 0.3 is 0 Å². The highest BCUT2D eigenvalue weighted by atomic mass is 32.2. The highest BCUT2D eigenvalue weighted by Gasteiger charge is 2.28. The summed E-state index contributed by atoms with van der Waals surface area (Å²) in [6, 6.07) is 2.42. The van der Waals surface area contributed by atoms with Crippen molar-refractivity contribution in [3.05, 3.63) is 23.0 Å². The SMILES string of the molecule is Cc1cc(C(=O)CSc2nnnn2C2CC2)c(C)n1CC1CCCO1. The normalized spacial score (nSPS) is 20.3. The zero-order valence-electron chi connectivity index (χ0n) is 14.6. The molecule has 1 aliphatic carbocycles. The van der Waals surface area contributed by atoms with Gasteiger partial charge in [0.25, 0.3) is 0 Å². The molecule has 0 N–H and O–H groups in total. The summed E-state index contributed by atoms with van der Waals surface area (Å²) in [4.78, 5) is 12.7. The molecule has 1 saturated heterocycles. The molecule has 0 amide bonds. The van der Waals surface area contributed by atoms with Crippen LogP contribution in [-0.2, 0) is 11.3 Å². The average Bonchev–Trinajstić information content (AvgIpc) is 3.02. The summed E-state index contributed by atoms with van der Waals surface area (Å²) in [5, 5.41) is 12.6. The van der Waals surface area contributed by atoms with E-state index in [0.29, 0.717) is 11.8 Å². The van der Waals surface area contributed by atoms with Crippen LogP contribution in [0.25, 0.3) is 0 Å². The predicted octanol–water partition coefficient (Wildman–Crippen LogP) is 2.58. The van der Waals surface area contributed by atoms with E-state index in [2.05, 4.69) is 27.0 Å². The third-order valence-corrected chi connectivity index (χ3v) is 5.91. The predicted molar refractivity (Wildman–Crippen MR) is 94.0 cm³/mol. The van der Waals surface area contributed by atoms with E-state index < -0.39 is 0 Å². The van der Waals surface area contributed by atoms with Gasteiger partial charge in [-0.05, 0) is 56.0 Å². The minimum atomic E-state index is 0.127. The molecule has 0 bridgehead atoms. The molecule has 2 aromatic rings. The van der Waals surface area contributed by atoms with Crippen LogP contribution in [0.15, 0.2) is 11.2 Å². The molecule has 3 heterocycles. The topological polar surface area (TPSA) is 74.8 Å². The summed E-state index contributed by atoms with van der Waals surface area (Å²) in [7, 11) is 0. The van der Waals surface area contributed by atoms with Crippen molar-refractivity contribution in [2.24, 2.45) is 0 Å². The van der Waals surface area contributed by atoms with Gasteiger partial charge < -0.3 is 9.30 Å². The fourth-order valence-corrected chi connectivity index (χ4v) is 4.22. The molecule has 0 aromatic carbocycles. The lowest BCUT2D eigenvalue weighted by Gasteiger charge is -2.14. The van der Waals surface area contributed by atoms with Gasteiger partial charge in [-0.25, -0.2) is 4.68 Å². The highest BCUT2D eigenvalue weighted by molar-refractivity contribution is 7.99. The summed E-state index contributed by atoms with van der Waals surface area (Å²) >= 11 is 1.43. The molecule has 0 radical (unpaired) electrons. The smallest absolute Gasteiger partial charge is 0.210 e. The number of rotatable bonds is 7. The minimum Gasteiger partial charge on any atom is -0.376 e. The molecule has 7 nitrogen and oxygen atoms in total. The second-order valence-electron chi connectivity index (χ2n) is 6.88. The van der Waals surface area contributed by atoms with E-state index in [9.17, 15) is 4.79 Å². The summed E-state index contributed by atoms with van der Waals surface area (Å²) in [5.74, 6) is 0.485. The standard InChI is InChI=1S/C17H23N5O2S/c1-11-8-15(12(2)21(11)9-14-4-3-7-24-14)16(23)10-25-17-18-19-20-22(17)13-5-6-13/h8,13-14H,3-7,9-10H2,1-2H3. The van der Waals surface area contributed by atoms with Crippen molar-refractivity contribution in [1.82, 2.24) is 24.8 Å². The molecule has 1 atom stereocenters. The maximum atomic E-state index is 12.7. The minimum absolute atomic E-state index is 0.127. The van der Waals surface area contributed by atoms with Crippen LogP contribution in [0, 0.1) is 13.8 Å². The van der Waals surface area contributed by atoms with Crippen molar-refractivity contribution in [3.63, 3.8) is 0 Å². The van der Waals surface area contributed by atoms with Crippen LogP contribution in [0.2, 0.25) is 0 Å². The molecule has 134 valence electrons. The van der Waals surface area contributed by atoms with Gasteiger partial charge in [-0.2, -0.15) is 0 Å². The number of aromatic nitrogens is 5. The quantitative estimate of drug-likeness (QED) is 0.557. The Morgan fingerprint density at radius 2 is 2.20 bits per heavy atom. The molecule has 8 heteroatoms. The third-order valence-electron chi connectivity index (χ3n) is 4.97. The Morgan fingerprint density at radius 1 is 1.36 bits per heavy atom. The van der Waals surface area contributed by atoms with E-state index in [1.807, 2.05) is 17.7 Å². The monoisotopic (exact) mass is 361 g/mol. The number of ketones is 1. The van der Waals surface area contributed by atoms with Gasteiger partial charge in [-0.15, -0.1) is 5.10 Å². The molecule has 1 aliphatic heterocycles. The van der Waals surface area contributed by atoms with Gasteiger partial charge in [0.05, 0.1) is 17.9 Å². The van der Waals surface area contributed by atoms with Gasteiger partial charge in [0.15, 0.2) is 5.78 Å². The molecular weight excluding hydrogens is 338 g/mol. The Bertz CT molecular complexity index is 774. The average molecular weight is 361 g/mol. The van der Waals surface area contributed by atoms with Gasteiger partial charge in [0.2, 0.25) is 5.16 Å². The Balaban J connectivity index is 1.43. The lowest BCUT2D eigenvalue weighted by molar-refractivity contribution is 0.0957. The summed E-state index contributed by atoms with van der Waals surface area (Å²) in [6.07, 6.45) is 4.74. The first-order valence-corrected chi connectivity index (χ1v) is 9.84. The van der Waals surface area contributed by atoms with Crippen LogP contribution in [-0.4, -0.2) is 49.0 Å². The van der Waals surface area contributed by atoms with Crippen LogP contribution in [0.3, 0.4) is 0 Å². The Kier molecular flexibility index (Phi) is 4.64. The lowest BCUT2D eigenvalue weighted by atomic mass is 10.2. The molecule has 1 unspecified atom stereocenters. The van der Waals surface area contributed by atoms with Crippen molar-refractivity contribution in [1.29, 1.82) is 0 Å². The number of carbonyl (C=O) groups is 1. The van der Waals surface area contributed by atoms with E-state index in [4.69, 9.17) is 4.74 Å². The number of thioether (sulfide) groups is 1. The molecule has 2 aromatic heterocycles. The van der Waals surface area contributed by atoms with Gasteiger partial charge in [-0.1, -0.05) is 11.8 Å². The number of tetrazole rings is 1. The molecule has 1 saturated carbocycles. The largest absolute Gasteiger partial charge is 0.376 e. The Labute approximate surface area is 151 Å². The second-order valence-corrected chi connectivity index (χ2v) is 7.82.